The Bertz CT molecular complexity index is 460. The van der Waals surface area contributed by atoms with Crippen LogP contribution in [0.5, 0.6) is 5.75 Å². The van der Waals surface area contributed by atoms with Gasteiger partial charge in [0.2, 0.25) is 0 Å². The van der Waals surface area contributed by atoms with E-state index in [0.717, 1.165) is 0 Å². The van der Waals surface area contributed by atoms with Crippen molar-refractivity contribution in [1.29, 1.82) is 0 Å². The Balaban J connectivity index is 0.000000184. The third kappa shape index (κ3) is 3.93. The molecule has 2 rings (SSSR count). The molecule has 0 spiro atoms. The summed E-state index contributed by atoms with van der Waals surface area (Å²) >= 11 is 0. The number of hydrogen-bond acceptors (Lipinski definition) is 3. The number of nitrogens with two attached hydrogens (primary N) is 2. The summed E-state index contributed by atoms with van der Waals surface area (Å²) in [5.41, 5.74) is 11.5. The van der Waals surface area contributed by atoms with Crippen molar-refractivity contribution in [2.45, 2.75) is 0 Å². The summed E-state index contributed by atoms with van der Waals surface area (Å²) in [5.74, 6) is -0.566. The molecule has 0 atom stereocenters. The summed E-state index contributed by atoms with van der Waals surface area (Å²) in [6, 6.07) is 10.1. The largest absolute Gasteiger partial charge is 0.492 e. The van der Waals surface area contributed by atoms with Gasteiger partial charge in [-0.3, -0.25) is 0 Å². The summed E-state index contributed by atoms with van der Waals surface area (Å²) in [6.45, 7) is 0. The molecule has 0 saturated heterocycles. The van der Waals surface area contributed by atoms with E-state index in [1.807, 2.05) is 0 Å². The van der Waals surface area contributed by atoms with Crippen LogP contribution < -0.4 is 16.2 Å². The van der Waals surface area contributed by atoms with E-state index in [1.54, 1.807) is 6.07 Å². The van der Waals surface area contributed by atoms with E-state index in [2.05, 4.69) is 4.74 Å². The molecule has 96 valence electrons. The third-order valence-electron chi connectivity index (χ3n) is 2.07. The van der Waals surface area contributed by atoms with Crippen LogP contribution in [0, 0.1) is 11.6 Å². The molecule has 0 bridgehead atoms. The second-order valence-corrected chi connectivity index (χ2v) is 3.41. The molecule has 0 radical (unpaired) electrons. The topological polar surface area (TPSA) is 61.3 Å². The molecule has 2 aromatic rings. The van der Waals surface area contributed by atoms with E-state index in [-0.39, 0.29) is 11.6 Å². The number of para-hydroxylation sites is 1. The Morgan fingerprint density at radius 2 is 1.56 bits per heavy atom. The molecule has 0 aliphatic heterocycles. The van der Waals surface area contributed by atoms with Crippen molar-refractivity contribution < 1.29 is 13.5 Å². The Morgan fingerprint density at radius 3 is 1.94 bits per heavy atom. The highest BCUT2D eigenvalue weighted by Crippen LogP contribution is 2.23. The highest BCUT2D eigenvalue weighted by atomic mass is 19.1. The van der Waals surface area contributed by atoms with Crippen LogP contribution in [0.15, 0.2) is 42.5 Å². The number of nitrogen functional groups attached to an aromatic ring is 2. The van der Waals surface area contributed by atoms with Crippen LogP contribution in [0.25, 0.3) is 0 Å². The van der Waals surface area contributed by atoms with Crippen molar-refractivity contribution >= 4 is 11.4 Å². The average molecular weight is 252 g/mol. The van der Waals surface area contributed by atoms with Crippen LogP contribution in [-0.2, 0) is 0 Å². The molecular formula is C13H14F2N2O. The SMILES string of the molecule is COc1c(N)cccc1F.Nc1ccc(F)cc1. The van der Waals surface area contributed by atoms with Crippen molar-refractivity contribution in [2.24, 2.45) is 0 Å². The average Bonchev–Trinajstić information content (AvgIpc) is 2.34. The fourth-order valence-corrected chi connectivity index (χ4v) is 1.20. The van der Waals surface area contributed by atoms with Gasteiger partial charge in [-0.1, -0.05) is 6.07 Å². The van der Waals surface area contributed by atoms with E-state index in [0.29, 0.717) is 11.4 Å². The molecule has 0 amide bonds. The molecule has 5 heteroatoms. The van der Waals surface area contributed by atoms with Gasteiger partial charge < -0.3 is 16.2 Å². The van der Waals surface area contributed by atoms with Gasteiger partial charge in [-0.25, -0.2) is 8.78 Å². The molecule has 2 aromatic carbocycles. The first kappa shape index (κ1) is 13.8. The normalized spacial score (nSPS) is 9.28. The van der Waals surface area contributed by atoms with Crippen LogP contribution >= 0.6 is 0 Å². The van der Waals surface area contributed by atoms with Gasteiger partial charge >= 0.3 is 0 Å². The standard InChI is InChI=1S/C7H8FNO.C6H6FN/c1-10-7-5(8)3-2-4-6(7)9;7-5-1-3-6(8)4-2-5/h2-4H,9H2,1H3;1-4H,8H2. The Kier molecular flexibility index (Phi) is 4.92. The number of anilines is 2. The van der Waals surface area contributed by atoms with E-state index >= 15 is 0 Å². The maximum atomic E-state index is 12.6. The molecule has 0 heterocycles. The number of halogens is 2. The lowest BCUT2D eigenvalue weighted by molar-refractivity contribution is 0.389. The molecule has 0 aliphatic carbocycles. The highest BCUT2D eigenvalue weighted by molar-refractivity contribution is 5.52. The molecule has 0 aliphatic rings. The zero-order valence-corrected chi connectivity index (χ0v) is 9.86. The van der Waals surface area contributed by atoms with Gasteiger partial charge in [0.15, 0.2) is 11.6 Å². The van der Waals surface area contributed by atoms with E-state index in [9.17, 15) is 8.78 Å². The number of hydrogen-bond donors (Lipinski definition) is 2. The van der Waals surface area contributed by atoms with Crippen molar-refractivity contribution in [3.05, 3.63) is 54.1 Å². The predicted molar refractivity (Wildman–Crippen MR) is 68.2 cm³/mol. The van der Waals surface area contributed by atoms with Crippen LogP contribution in [0.4, 0.5) is 20.2 Å². The van der Waals surface area contributed by atoms with E-state index < -0.39 is 5.82 Å². The van der Waals surface area contributed by atoms with Crippen molar-refractivity contribution in [2.75, 3.05) is 18.6 Å². The molecule has 18 heavy (non-hydrogen) atoms. The summed E-state index contributed by atoms with van der Waals surface area (Å²) in [4.78, 5) is 0. The van der Waals surface area contributed by atoms with E-state index in [4.69, 9.17) is 11.5 Å². The second kappa shape index (κ2) is 6.44. The fraction of sp³-hybridized carbons (Fsp3) is 0.0769. The van der Waals surface area contributed by atoms with E-state index in [1.165, 1.54) is 43.5 Å². The van der Waals surface area contributed by atoms with Crippen LogP contribution in [0.1, 0.15) is 0 Å². The molecule has 0 saturated carbocycles. The quantitative estimate of drug-likeness (QED) is 0.767. The maximum Gasteiger partial charge on any atom is 0.177 e. The monoisotopic (exact) mass is 252 g/mol. The zero-order valence-electron chi connectivity index (χ0n) is 9.86. The highest BCUT2D eigenvalue weighted by Gasteiger charge is 2.03. The van der Waals surface area contributed by atoms with Crippen LogP contribution in [-0.4, -0.2) is 7.11 Å². The smallest absolute Gasteiger partial charge is 0.177 e. The summed E-state index contributed by atoms with van der Waals surface area (Å²) in [6.07, 6.45) is 0. The molecular weight excluding hydrogens is 238 g/mol. The second-order valence-electron chi connectivity index (χ2n) is 3.41. The lowest BCUT2D eigenvalue weighted by Crippen LogP contribution is -1.94. The lowest BCUT2D eigenvalue weighted by Gasteiger charge is -2.03. The predicted octanol–water partition coefficient (Wildman–Crippen LogP) is 2.82. The first-order valence-electron chi connectivity index (χ1n) is 5.13. The van der Waals surface area contributed by atoms with Gasteiger partial charge in [-0.05, 0) is 36.4 Å². The van der Waals surface area contributed by atoms with Crippen LogP contribution in [0.3, 0.4) is 0 Å². The number of ether oxygens (including phenoxy) is 1. The molecule has 4 N–H and O–H groups in total. The van der Waals surface area contributed by atoms with Gasteiger partial charge in [0, 0.05) is 5.69 Å². The molecule has 0 fully saturated rings. The van der Waals surface area contributed by atoms with Gasteiger partial charge in [-0.2, -0.15) is 0 Å². The van der Waals surface area contributed by atoms with Gasteiger partial charge in [0.1, 0.15) is 5.82 Å². The Hall–Kier alpha value is -2.30. The number of rotatable bonds is 1. The summed E-state index contributed by atoms with van der Waals surface area (Å²) < 4.78 is 29.4. The number of benzene rings is 2. The van der Waals surface area contributed by atoms with Crippen molar-refractivity contribution in [3.63, 3.8) is 0 Å². The minimum atomic E-state index is -0.428. The zero-order chi connectivity index (χ0) is 13.5. The van der Waals surface area contributed by atoms with Crippen molar-refractivity contribution in [1.82, 2.24) is 0 Å². The third-order valence-corrected chi connectivity index (χ3v) is 2.07. The van der Waals surface area contributed by atoms with Gasteiger partial charge in [0.05, 0.1) is 12.8 Å². The lowest BCUT2D eigenvalue weighted by atomic mass is 10.3. The molecule has 0 unspecified atom stereocenters. The Morgan fingerprint density at radius 1 is 0.944 bits per heavy atom. The maximum absolute atomic E-state index is 12.6. The fourth-order valence-electron chi connectivity index (χ4n) is 1.20. The van der Waals surface area contributed by atoms with Crippen LogP contribution in [0.2, 0.25) is 0 Å². The Labute approximate surface area is 104 Å². The first-order chi connectivity index (χ1) is 8.54. The minimum Gasteiger partial charge on any atom is -0.492 e. The van der Waals surface area contributed by atoms with Gasteiger partial charge in [0.25, 0.3) is 0 Å². The van der Waals surface area contributed by atoms with Crippen molar-refractivity contribution in [3.8, 4) is 5.75 Å². The van der Waals surface area contributed by atoms with Gasteiger partial charge in [-0.15, -0.1) is 0 Å². The molecule has 0 aromatic heterocycles. The molecule has 3 nitrogen and oxygen atoms in total. The summed E-state index contributed by atoms with van der Waals surface area (Å²) in [7, 11) is 1.38. The number of methoxy groups -OCH3 is 1. The first-order valence-corrected chi connectivity index (χ1v) is 5.13. The minimum absolute atomic E-state index is 0.113. The summed E-state index contributed by atoms with van der Waals surface area (Å²) in [5, 5.41) is 0.